The molecule has 0 radical (unpaired) electrons. The summed E-state index contributed by atoms with van der Waals surface area (Å²) in [5.41, 5.74) is 0.748. The molecule has 4 rings (SSSR count). The molecule has 2 fully saturated rings. The molecular formula is C22H22N4O4. The molecular weight excluding hydrogens is 384 g/mol. The number of hydrogen-bond acceptors (Lipinski definition) is 4. The van der Waals surface area contributed by atoms with Gasteiger partial charge in [-0.05, 0) is 43.2 Å². The van der Waals surface area contributed by atoms with Crippen LogP contribution in [0.2, 0.25) is 0 Å². The van der Waals surface area contributed by atoms with E-state index in [1.807, 2.05) is 6.07 Å². The second-order valence-corrected chi connectivity index (χ2v) is 7.56. The van der Waals surface area contributed by atoms with Crippen LogP contribution in [0.4, 0.5) is 16.2 Å². The number of nitrogens with zero attached hydrogens (tertiary/aromatic N) is 2. The maximum absolute atomic E-state index is 12.9. The Balaban J connectivity index is 1.41. The lowest BCUT2D eigenvalue weighted by Crippen LogP contribution is -2.42. The van der Waals surface area contributed by atoms with Crippen molar-refractivity contribution in [3.8, 4) is 0 Å². The lowest BCUT2D eigenvalue weighted by Gasteiger charge is -2.22. The van der Waals surface area contributed by atoms with Gasteiger partial charge in [-0.3, -0.25) is 19.3 Å². The number of hydrogen-bond donors (Lipinski definition) is 2. The van der Waals surface area contributed by atoms with E-state index in [2.05, 4.69) is 10.6 Å². The second kappa shape index (κ2) is 7.62. The van der Waals surface area contributed by atoms with Crippen LogP contribution in [0.1, 0.15) is 25.3 Å². The Bertz CT molecular complexity index is 1010. The second-order valence-electron chi connectivity index (χ2n) is 7.56. The van der Waals surface area contributed by atoms with Gasteiger partial charge in [0.15, 0.2) is 0 Å². The predicted molar refractivity (Wildman–Crippen MR) is 111 cm³/mol. The fraction of sp³-hybridized carbons (Fsp3) is 0.273. The smallest absolute Gasteiger partial charge is 0.325 e. The van der Waals surface area contributed by atoms with Gasteiger partial charge in [0.05, 0.1) is 0 Å². The minimum atomic E-state index is -1.21. The molecule has 2 heterocycles. The van der Waals surface area contributed by atoms with Crippen molar-refractivity contribution >= 4 is 35.1 Å². The zero-order chi connectivity index (χ0) is 21.3. The lowest BCUT2D eigenvalue weighted by molar-refractivity contribution is -0.133. The first-order chi connectivity index (χ1) is 14.4. The van der Waals surface area contributed by atoms with Crippen LogP contribution in [0.5, 0.6) is 0 Å². The highest BCUT2D eigenvalue weighted by molar-refractivity contribution is 6.10. The number of anilines is 2. The molecule has 2 aromatic rings. The van der Waals surface area contributed by atoms with E-state index in [1.54, 1.807) is 60.4 Å². The Kier molecular flexibility index (Phi) is 4.99. The maximum Gasteiger partial charge on any atom is 0.325 e. The Morgan fingerprint density at radius 3 is 2.40 bits per heavy atom. The number of benzene rings is 2. The van der Waals surface area contributed by atoms with Crippen molar-refractivity contribution in [3.05, 3.63) is 60.2 Å². The summed E-state index contributed by atoms with van der Waals surface area (Å²) in [5, 5.41) is 5.37. The van der Waals surface area contributed by atoms with Gasteiger partial charge in [0.1, 0.15) is 12.1 Å². The third kappa shape index (κ3) is 3.52. The van der Waals surface area contributed by atoms with E-state index in [9.17, 15) is 19.2 Å². The molecule has 2 N–H and O–H groups in total. The van der Waals surface area contributed by atoms with Crippen LogP contribution in [-0.2, 0) is 19.9 Å². The van der Waals surface area contributed by atoms with Gasteiger partial charge < -0.3 is 15.5 Å². The summed E-state index contributed by atoms with van der Waals surface area (Å²) in [5.74, 6) is -0.871. The van der Waals surface area contributed by atoms with Crippen molar-refractivity contribution in [2.45, 2.75) is 25.3 Å². The normalized spacial score (nSPS) is 21.2. The van der Waals surface area contributed by atoms with E-state index in [-0.39, 0.29) is 12.5 Å². The van der Waals surface area contributed by atoms with Gasteiger partial charge in [-0.15, -0.1) is 0 Å². The fourth-order valence-electron chi connectivity index (χ4n) is 3.80. The number of carbonyl (C=O) groups excluding carboxylic acids is 4. The molecule has 8 heteroatoms. The number of urea groups is 1. The van der Waals surface area contributed by atoms with Crippen LogP contribution in [-0.4, -0.2) is 41.7 Å². The maximum atomic E-state index is 12.9. The van der Waals surface area contributed by atoms with Gasteiger partial charge in [-0.25, -0.2) is 4.79 Å². The first kappa shape index (κ1) is 19.6. The Labute approximate surface area is 173 Å². The molecule has 154 valence electrons. The molecule has 2 saturated heterocycles. The van der Waals surface area contributed by atoms with E-state index < -0.39 is 23.4 Å². The fourth-order valence-corrected chi connectivity index (χ4v) is 3.80. The Morgan fingerprint density at radius 1 is 1.07 bits per heavy atom. The van der Waals surface area contributed by atoms with Crippen molar-refractivity contribution in [2.24, 2.45) is 0 Å². The van der Waals surface area contributed by atoms with Crippen molar-refractivity contribution < 1.29 is 19.2 Å². The third-order valence-corrected chi connectivity index (χ3v) is 5.46. The third-order valence-electron chi connectivity index (χ3n) is 5.46. The van der Waals surface area contributed by atoms with Crippen LogP contribution in [0.15, 0.2) is 54.6 Å². The van der Waals surface area contributed by atoms with Gasteiger partial charge in [-0.2, -0.15) is 0 Å². The van der Waals surface area contributed by atoms with E-state index in [0.29, 0.717) is 24.2 Å². The first-order valence-electron chi connectivity index (χ1n) is 9.78. The van der Waals surface area contributed by atoms with Gasteiger partial charge in [-0.1, -0.05) is 30.3 Å². The zero-order valence-corrected chi connectivity index (χ0v) is 16.6. The first-order valence-corrected chi connectivity index (χ1v) is 9.78. The molecule has 30 heavy (non-hydrogen) atoms. The molecule has 0 aliphatic carbocycles. The van der Waals surface area contributed by atoms with Gasteiger partial charge >= 0.3 is 6.03 Å². The quantitative estimate of drug-likeness (QED) is 0.744. The summed E-state index contributed by atoms with van der Waals surface area (Å²) >= 11 is 0. The number of carbonyl (C=O) groups is 4. The summed E-state index contributed by atoms with van der Waals surface area (Å²) in [6, 6.07) is 15.2. The van der Waals surface area contributed by atoms with E-state index in [1.165, 1.54) is 0 Å². The minimum absolute atomic E-state index is 0.0896. The molecule has 0 aromatic heterocycles. The summed E-state index contributed by atoms with van der Waals surface area (Å²) in [4.78, 5) is 52.1. The highest BCUT2D eigenvalue weighted by Gasteiger charge is 2.49. The minimum Gasteiger partial charge on any atom is -0.325 e. The highest BCUT2D eigenvalue weighted by atomic mass is 16.2. The monoisotopic (exact) mass is 406 g/mol. The Morgan fingerprint density at radius 2 is 1.77 bits per heavy atom. The highest BCUT2D eigenvalue weighted by Crippen LogP contribution is 2.28. The average molecular weight is 406 g/mol. The molecule has 0 saturated carbocycles. The number of nitrogens with one attached hydrogen (secondary N) is 2. The van der Waals surface area contributed by atoms with Crippen molar-refractivity contribution in [2.75, 3.05) is 23.3 Å². The Hall–Kier alpha value is -3.68. The molecule has 1 unspecified atom stereocenters. The SMILES string of the molecule is CC1(c2ccccc2)NC(=O)N(CC(=O)Nc2ccc(N3CCCC3=O)cc2)C1=O. The van der Waals surface area contributed by atoms with Gasteiger partial charge in [0.25, 0.3) is 5.91 Å². The summed E-state index contributed by atoms with van der Waals surface area (Å²) in [6.07, 6.45) is 1.39. The van der Waals surface area contributed by atoms with Crippen LogP contribution >= 0.6 is 0 Å². The number of imide groups is 1. The molecule has 5 amide bonds. The van der Waals surface area contributed by atoms with Crippen molar-refractivity contribution in [1.82, 2.24) is 10.2 Å². The molecule has 0 spiro atoms. The van der Waals surface area contributed by atoms with Crippen molar-refractivity contribution in [3.63, 3.8) is 0 Å². The molecule has 0 bridgehead atoms. The number of amides is 5. The predicted octanol–water partition coefficient (Wildman–Crippen LogP) is 2.22. The molecule has 2 aliphatic heterocycles. The van der Waals surface area contributed by atoms with E-state index in [4.69, 9.17) is 0 Å². The summed E-state index contributed by atoms with van der Waals surface area (Å²) in [6.45, 7) is 1.93. The average Bonchev–Trinajstić information content (AvgIpc) is 3.26. The van der Waals surface area contributed by atoms with Crippen LogP contribution < -0.4 is 15.5 Å². The summed E-state index contributed by atoms with van der Waals surface area (Å²) < 4.78 is 0. The van der Waals surface area contributed by atoms with Gasteiger partial charge in [0.2, 0.25) is 11.8 Å². The van der Waals surface area contributed by atoms with E-state index in [0.717, 1.165) is 17.0 Å². The number of rotatable bonds is 5. The van der Waals surface area contributed by atoms with Crippen LogP contribution in [0.3, 0.4) is 0 Å². The summed E-state index contributed by atoms with van der Waals surface area (Å²) in [7, 11) is 0. The van der Waals surface area contributed by atoms with Crippen LogP contribution in [0.25, 0.3) is 0 Å². The lowest BCUT2D eigenvalue weighted by atomic mass is 9.92. The molecule has 8 nitrogen and oxygen atoms in total. The topological polar surface area (TPSA) is 98.8 Å². The molecule has 2 aliphatic rings. The standard InChI is InChI=1S/C22H22N4O4/c1-22(15-6-3-2-4-7-15)20(29)26(21(30)24-22)14-18(27)23-16-9-11-17(12-10-16)25-13-5-8-19(25)28/h2-4,6-7,9-12H,5,8,13-14H2,1H3,(H,23,27)(H,24,30). The van der Waals surface area contributed by atoms with Crippen molar-refractivity contribution in [1.29, 1.82) is 0 Å². The largest absolute Gasteiger partial charge is 0.325 e. The molecule has 2 aromatic carbocycles. The van der Waals surface area contributed by atoms with Crippen LogP contribution in [0, 0.1) is 0 Å². The van der Waals surface area contributed by atoms with E-state index >= 15 is 0 Å². The van der Waals surface area contributed by atoms with Gasteiger partial charge in [0, 0.05) is 24.3 Å². The zero-order valence-electron chi connectivity index (χ0n) is 16.6. The molecule has 1 atom stereocenters.